The standard InChI is InChI=1S/C23H27N5O5S/c1-13-5-6-16-17(9-13)26-21(25-16)7-8-24-22(29)12-28(4)34(31,32)20-11-19-18(10-14(20)2)27-23(30)15(3)33-19/h5-6,9-11,15H,7-8,12H2,1-4H3,(H,24,29)(H,25,26)(H,27,30). The molecule has 0 fully saturated rings. The lowest BCUT2D eigenvalue weighted by Gasteiger charge is -2.25. The summed E-state index contributed by atoms with van der Waals surface area (Å²) in [5, 5.41) is 5.43. The number of carbonyl (C=O) groups is 2. The molecule has 0 bridgehead atoms. The first-order chi connectivity index (χ1) is 16.0. The number of hydrogen-bond donors (Lipinski definition) is 3. The number of ether oxygens (including phenoxy) is 1. The van der Waals surface area contributed by atoms with Crippen molar-refractivity contribution in [2.45, 2.75) is 38.2 Å². The van der Waals surface area contributed by atoms with Gasteiger partial charge in [0, 0.05) is 26.1 Å². The summed E-state index contributed by atoms with van der Waals surface area (Å²) in [6.45, 7) is 5.18. The molecule has 1 atom stereocenters. The number of nitrogens with one attached hydrogen (secondary N) is 3. The number of rotatable bonds is 7. The van der Waals surface area contributed by atoms with Gasteiger partial charge in [-0.3, -0.25) is 9.59 Å². The number of imidazole rings is 1. The Bertz CT molecular complexity index is 1380. The van der Waals surface area contributed by atoms with Crippen LogP contribution in [0.1, 0.15) is 23.9 Å². The van der Waals surface area contributed by atoms with Crippen molar-refractivity contribution in [3.63, 3.8) is 0 Å². The number of aromatic nitrogens is 2. The summed E-state index contributed by atoms with van der Waals surface area (Å²) in [6.07, 6.45) is -0.244. The predicted molar refractivity (Wildman–Crippen MR) is 127 cm³/mol. The number of sulfonamides is 1. The van der Waals surface area contributed by atoms with Crippen molar-refractivity contribution in [1.82, 2.24) is 19.6 Å². The van der Waals surface area contributed by atoms with Gasteiger partial charge in [0.05, 0.1) is 28.2 Å². The molecular weight excluding hydrogens is 458 g/mol. The minimum Gasteiger partial charge on any atom is -0.479 e. The maximum absolute atomic E-state index is 13.1. The SMILES string of the molecule is Cc1ccc2nc(CCNC(=O)CN(C)S(=O)(=O)c3cc4c(cc3C)NC(=O)C(C)O4)[nH]c2c1. The molecule has 3 aromatic rings. The number of amides is 2. The summed E-state index contributed by atoms with van der Waals surface area (Å²) < 4.78 is 32.8. The van der Waals surface area contributed by atoms with Gasteiger partial charge in [0.1, 0.15) is 11.6 Å². The first-order valence-corrected chi connectivity index (χ1v) is 12.3. The third-order valence-electron chi connectivity index (χ3n) is 5.63. The summed E-state index contributed by atoms with van der Waals surface area (Å²) in [5.41, 5.74) is 3.77. The number of benzene rings is 2. The monoisotopic (exact) mass is 485 g/mol. The lowest BCUT2D eigenvalue weighted by atomic mass is 10.1. The summed E-state index contributed by atoms with van der Waals surface area (Å²) in [6, 6.07) is 8.86. The van der Waals surface area contributed by atoms with Gasteiger partial charge in [0.2, 0.25) is 15.9 Å². The molecule has 0 radical (unpaired) electrons. The molecule has 0 spiro atoms. The van der Waals surface area contributed by atoms with Crippen LogP contribution in [-0.2, 0) is 26.0 Å². The lowest BCUT2D eigenvalue weighted by Crippen LogP contribution is -2.39. The van der Waals surface area contributed by atoms with Gasteiger partial charge in [0.15, 0.2) is 6.10 Å². The maximum Gasteiger partial charge on any atom is 0.265 e. The van der Waals surface area contributed by atoms with E-state index in [0.29, 0.717) is 24.2 Å². The molecule has 180 valence electrons. The fourth-order valence-corrected chi connectivity index (χ4v) is 5.09. The van der Waals surface area contributed by atoms with Gasteiger partial charge in [0.25, 0.3) is 5.91 Å². The molecule has 10 nitrogen and oxygen atoms in total. The highest BCUT2D eigenvalue weighted by Gasteiger charge is 2.30. The number of likely N-dealkylation sites (N-methyl/N-ethyl adjacent to an activating group) is 1. The van der Waals surface area contributed by atoms with Crippen LogP contribution in [-0.4, -0.2) is 60.7 Å². The molecule has 0 saturated heterocycles. The number of carbonyl (C=O) groups excluding carboxylic acids is 2. The van der Waals surface area contributed by atoms with Crippen molar-refractivity contribution in [3.8, 4) is 5.75 Å². The topological polar surface area (TPSA) is 133 Å². The van der Waals surface area contributed by atoms with Crippen LogP contribution in [0.15, 0.2) is 35.2 Å². The third kappa shape index (κ3) is 4.75. The van der Waals surface area contributed by atoms with Crippen LogP contribution in [0.2, 0.25) is 0 Å². The Kier molecular flexibility index (Phi) is 6.32. The molecule has 2 amide bonds. The molecule has 0 saturated carbocycles. The minimum absolute atomic E-state index is 0.0162. The number of anilines is 1. The predicted octanol–water partition coefficient (Wildman–Crippen LogP) is 1.88. The van der Waals surface area contributed by atoms with E-state index in [-0.39, 0.29) is 23.1 Å². The van der Waals surface area contributed by atoms with Crippen LogP contribution < -0.4 is 15.4 Å². The number of nitrogens with zero attached hydrogens (tertiary/aromatic N) is 2. The average molecular weight is 486 g/mol. The van der Waals surface area contributed by atoms with Crippen molar-refractivity contribution in [2.75, 3.05) is 25.5 Å². The van der Waals surface area contributed by atoms with Gasteiger partial charge in [-0.25, -0.2) is 13.4 Å². The average Bonchev–Trinajstić information content (AvgIpc) is 3.16. The van der Waals surface area contributed by atoms with E-state index in [0.717, 1.165) is 26.7 Å². The zero-order valence-corrected chi connectivity index (χ0v) is 20.2. The first-order valence-electron chi connectivity index (χ1n) is 10.8. The Morgan fingerprint density at radius 1 is 1.24 bits per heavy atom. The summed E-state index contributed by atoms with van der Waals surface area (Å²) in [4.78, 5) is 32.0. The molecular formula is C23H27N5O5S. The largest absolute Gasteiger partial charge is 0.479 e. The fourth-order valence-electron chi connectivity index (χ4n) is 3.75. The van der Waals surface area contributed by atoms with Crippen molar-refractivity contribution < 1.29 is 22.7 Å². The Morgan fingerprint density at radius 2 is 2.00 bits per heavy atom. The molecule has 1 aromatic heterocycles. The number of fused-ring (bicyclic) bond motifs is 2. The lowest BCUT2D eigenvalue weighted by molar-refractivity contribution is -0.123. The van der Waals surface area contributed by atoms with E-state index in [9.17, 15) is 18.0 Å². The number of aryl methyl sites for hydroxylation is 2. The molecule has 11 heteroatoms. The molecule has 34 heavy (non-hydrogen) atoms. The van der Waals surface area contributed by atoms with Gasteiger partial charge in [-0.15, -0.1) is 0 Å². The number of H-pyrrole nitrogens is 1. The van der Waals surface area contributed by atoms with Crippen LogP contribution in [0.5, 0.6) is 5.75 Å². The molecule has 3 N–H and O–H groups in total. The Balaban J connectivity index is 1.38. The zero-order valence-electron chi connectivity index (χ0n) is 19.4. The summed E-state index contributed by atoms with van der Waals surface area (Å²) in [7, 11) is -2.62. The molecule has 0 aliphatic carbocycles. The Hall–Kier alpha value is -3.44. The molecule has 1 unspecified atom stereocenters. The van der Waals surface area contributed by atoms with Crippen molar-refractivity contribution in [1.29, 1.82) is 0 Å². The van der Waals surface area contributed by atoms with Gasteiger partial charge in [-0.2, -0.15) is 4.31 Å². The zero-order chi connectivity index (χ0) is 24.6. The van der Waals surface area contributed by atoms with E-state index < -0.39 is 22.0 Å². The van der Waals surface area contributed by atoms with Crippen molar-refractivity contribution in [3.05, 3.63) is 47.3 Å². The Morgan fingerprint density at radius 3 is 2.76 bits per heavy atom. The third-order valence-corrected chi connectivity index (χ3v) is 7.58. The highest BCUT2D eigenvalue weighted by atomic mass is 32.2. The second kappa shape index (κ2) is 9.07. The van der Waals surface area contributed by atoms with E-state index in [1.807, 2.05) is 25.1 Å². The number of aromatic amines is 1. The number of hydrogen-bond acceptors (Lipinski definition) is 6. The van der Waals surface area contributed by atoms with Crippen LogP contribution in [0.3, 0.4) is 0 Å². The molecule has 2 aromatic carbocycles. The molecule has 1 aliphatic heterocycles. The van der Waals surface area contributed by atoms with Crippen LogP contribution in [0.4, 0.5) is 5.69 Å². The van der Waals surface area contributed by atoms with Crippen LogP contribution >= 0.6 is 0 Å². The normalized spacial score (nSPS) is 15.7. The second-order valence-corrected chi connectivity index (χ2v) is 10.4. The summed E-state index contributed by atoms with van der Waals surface area (Å²) >= 11 is 0. The quantitative estimate of drug-likeness (QED) is 0.468. The smallest absolute Gasteiger partial charge is 0.265 e. The van der Waals surface area contributed by atoms with Crippen molar-refractivity contribution >= 4 is 38.6 Å². The van der Waals surface area contributed by atoms with E-state index in [2.05, 4.69) is 20.6 Å². The first kappa shape index (κ1) is 23.7. The molecule has 2 heterocycles. The molecule has 4 rings (SSSR count). The van der Waals surface area contributed by atoms with Gasteiger partial charge in [-0.05, 0) is 50.1 Å². The van der Waals surface area contributed by atoms with Gasteiger partial charge >= 0.3 is 0 Å². The van der Waals surface area contributed by atoms with E-state index in [1.54, 1.807) is 19.9 Å². The minimum atomic E-state index is -3.97. The van der Waals surface area contributed by atoms with Crippen LogP contribution in [0.25, 0.3) is 11.0 Å². The molecule has 1 aliphatic rings. The van der Waals surface area contributed by atoms with E-state index in [4.69, 9.17) is 4.74 Å². The maximum atomic E-state index is 13.1. The van der Waals surface area contributed by atoms with Crippen molar-refractivity contribution in [2.24, 2.45) is 0 Å². The van der Waals surface area contributed by atoms with Gasteiger partial charge < -0.3 is 20.4 Å². The van der Waals surface area contributed by atoms with E-state index in [1.165, 1.54) is 13.1 Å². The van der Waals surface area contributed by atoms with E-state index >= 15 is 0 Å². The van der Waals surface area contributed by atoms with Gasteiger partial charge in [-0.1, -0.05) is 6.07 Å². The fraction of sp³-hybridized carbons (Fsp3) is 0.348. The van der Waals surface area contributed by atoms with Crippen LogP contribution in [0, 0.1) is 13.8 Å². The Labute approximate surface area is 197 Å². The highest BCUT2D eigenvalue weighted by Crippen LogP contribution is 2.35. The summed E-state index contributed by atoms with van der Waals surface area (Å²) in [5.74, 6) is 0.294. The highest BCUT2D eigenvalue weighted by molar-refractivity contribution is 7.89. The second-order valence-electron chi connectivity index (χ2n) is 8.43.